The Hall–Kier alpha value is -3.49. The van der Waals surface area contributed by atoms with Crippen LogP contribution in [0.1, 0.15) is 61.6 Å². The zero-order chi connectivity index (χ0) is 27.6. The molecule has 0 bridgehead atoms. The molecule has 3 aliphatic heterocycles. The number of likely N-dealkylation sites (tertiary alicyclic amines) is 1. The van der Waals surface area contributed by atoms with Crippen molar-refractivity contribution in [3.63, 3.8) is 0 Å². The lowest BCUT2D eigenvalue weighted by Gasteiger charge is -2.33. The number of aromatic nitrogens is 1. The summed E-state index contributed by atoms with van der Waals surface area (Å²) >= 11 is 6.50. The quantitative estimate of drug-likeness (QED) is 0.360. The Labute approximate surface area is 238 Å². The van der Waals surface area contributed by atoms with Crippen molar-refractivity contribution in [1.82, 2.24) is 9.47 Å². The first-order chi connectivity index (χ1) is 19.5. The van der Waals surface area contributed by atoms with Gasteiger partial charge in [0.1, 0.15) is 25.4 Å². The predicted octanol–water partition coefficient (Wildman–Crippen LogP) is 5.64. The summed E-state index contributed by atoms with van der Waals surface area (Å²) in [5, 5.41) is 0.600. The summed E-state index contributed by atoms with van der Waals surface area (Å²) in [6.07, 6.45) is 3.13. The summed E-state index contributed by atoms with van der Waals surface area (Å²) < 4.78 is 26.0. The van der Waals surface area contributed by atoms with Crippen LogP contribution in [0.5, 0.6) is 11.5 Å². The van der Waals surface area contributed by atoms with Crippen molar-refractivity contribution in [2.45, 2.75) is 44.8 Å². The number of amides is 1. The van der Waals surface area contributed by atoms with Crippen molar-refractivity contribution < 1.29 is 28.5 Å². The molecule has 8 nitrogen and oxygen atoms in total. The van der Waals surface area contributed by atoms with Crippen molar-refractivity contribution >= 4 is 23.5 Å². The lowest BCUT2D eigenvalue weighted by atomic mass is 9.93. The van der Waals surface area contributed by atoms with E-state index in [4.69, 9.17) is 30.5 Å². The van der Waals surface area contributed by atoms with Crippen LogP contribution < -0.4 is 9.47 Å². The largest absolute Gasteiger partial charge is 0.486 e. The fourth-order valence-corrected chi connectivity index (χ4v) is 6.14. The van der Waals surface area contributed by atoms with Crippen LogP contribution in [0.2, 0.25) is 5.02 Å². The molecule has 0 N–H and O–H groups in total. The van der Waals surface area contributed by atoms with Crippen molar-refractivity contribution in [1.29, 1.82) is 0 Å². The summed E-state index contributed by atoms with van der Waals surface area (Å²) in [6.45, 7) is 4.38. The first kappa shape index (κ1) is 26.7. The van der Waals surface area contributed by atoms with Gasteiger partial charge in [0.2, 0.25) is 5.91 Å². The highest BCUT2D eigenvalue weighted by atomic mass is 35.5. The molecule has 6 rings (SSSR count). The molecule has 3 aliphatic rings. The Morgan fingerprint density at radius 2 is 1.82 bits per heavy atom. The van der Waals surface area contributed by atoms with Crippen LogP contribution in [-0.4, -0.2) is 54.3 Å². The second-order valence-electron chi connectivity index (χ2n) is 10.4. The molecule has 0 aliphatic carbocycles. The van der Waals surface area contributed by atoms with E-state index in [0.29, 0.717) is 55.9 Å². The molecule has 1 fully saturated rings. The van der Waals surface area contributed by atoms with Crippen LogP contribution in [0.15, 0.2) is 54.7 Å². The van der Waals surface area contributed by atoms with Gasteiger partial charge in [0.15, 0.2) is 11.5 Å². The van der Waals surface area contributed by atoms with Crippen LogP contribution in [0, 0.1) is 5.92 Å². The molecule has 0 saturated carbocycles. The van der Waals surface area contributed by atoms with Gasteiger partial charge in [-0.15, -0.1) is 0 Å². The number of hydrogen-bond donors (Lipinski definition) is 0. The Morgan fingerprint density at radius 3 is 2.65 bits per heavy atom. The van der Waals surface area contributed by atoms with Crippen LogP contribution in [0.4, 0.5) is 0 Å². The third-order valence-electron chi connectivity index (χ3n) is 7.91. The zero-order valence-electron chi connectivity index (χ0n) is 22.5. The van der Waals surface area contributed by atoms with E-state index in [9.17, 15) is 9.59 Å². The molecule has 0 radical (unpaired) electrons. The fraction of sp³-hybridized carbons (Fsp3) is 0.419. The number of nitrogens with zero attached hydrogens (tertiary/aromatic N) is 2. The lowest BCUT2D eigenvalue weighted by molar-refractivity contribution is -0.144. The molecule has 0 spiro atoms. The number of fused-ring (bicyclic) bond motifs is 4. The van der Waals surface area contributed by atoms with E-state index in [1.54, 1.807) is 0 Å². The number of piperidine rings is 1. The van der Waals surface area contributed by atoms with Gasteiger partial charge in [-0.25, -0.2) is 0 Å². The maximum atomic E-state index is 13.6. The molecule has 1 saturated heterocycles. The SMILES string of the molecule is CCOC(=O)CC1CCN(C(=O)CC2OC(c3cccc4c3OCCO4)c3cc(Cl)ccc3-n3cccc32)CC1. The summed E-state index contributed by atoms with van der Waals surface area (Å²) in [4.78, 5) is 27.4. The van der Waals surface area contributed by atoms with Gasteiger partial charge in [0.05, 0.1) is 24.4 Å². The summed E-state index contributed by atoms with van der Waals surface area (Å²) in [5.74, 6) is 1.44. The first-order valence-corrected chi connectivity index (χ1v) is 14.3. The molecule has 40 heavy (non-hydrogen) atoms. The minimum atomic E-state index is -0.529. The molecular formula is C31H33ClN2O6. The van der Waals surface area contributed by atoms with Gasteiger partial charge in [-0.3, -0.25) is 9.59 Å². The topological polar surface area (TPSA) is 79.2 Å². The molecule has 2 unspecified atom stereocenters. The van der Waals surface area contributed by atoms with Gasteiger partial charge in [0.25, 0.3) is 0 Å². The van der Waals surface area contributed by atoms with E-state index in [-0.39, 0.29) is 24.2 Å². The molecule has 9 heteroatoms. The van der Waals surface area contributed by atoms with Crippen molar-refractivity contribution in [2.75, 3.05) is 32.9 Å². The van der Waals surface area contributed by atoms with E-state index >= 15 is 0 Å². The lowest BCUT2D eigenvalue weighted by Crippen LogP contribution is -2.39. The Bertz CT molecular complexity index is 1400. The number of halogens is 1. The van der Waals surface area contributed by atoms with Gasteiger partial charge in [-0.2, -0.15) is 0 Å². The number of benzene rings is 2. The van der Waals surface area contributed by atoms with Crippen LogP contribution in [0.25, 0.3) is 5.69 Å². The molecular weight excluding hydrogens is 532 g/mol. The van der Waals surface area contributed by atoms with Gasteiger partial charge in [0, 0.05) is 41.9 Å². The molecule has 210 valence electrons. The first-order valence-electron chi connectivity index (χ1n) is 14.0. The third kappa shape index (κ3) is 5.30. The van der Waals surface area contributed by atoms with E-state index in [1.807, 2.05) is 66.6 Å². The van der Waals surface area contributed by atoms with Gasteiger partial charge in [-0.1, -0.05) is 23.7 Å². The minimum Gasteiger partial charge on any atom is -0.486 e. The Kier molecular flexibility index (Phi) is 7.71. The van der Waals surface area contributed by atoms with Crippen LogP contribution in [-0.2, 0) is 19.1 Å². The smallest absolute Gasteiger partial charge is 0.306 e. The minimum absolute atomic E-state index is 0.0322. The standard InChI is InChI=1S/C31H33ClN2O6/c1-2-37-29(36)17-20-10-13-33(14-11-20)28(35)19-27-25-6-4-12-34(25)24-9-8-21(32)18-23(24)30(40-27)22-5-3-7-26-31(22)39-16-15-38-26/h3-9,12,18,20,27,30H,2,10-11,13-17,19H2,1H3. The Morgan fingerprint density at radius 1 is 1.00 bits per heavy atom. The number of para-hydroxylation sites is 1. The molecule has 1 aromatic heterocycles. The van der Waals surface area contributed by atoms with Gasteiger partial charge >= 0.3 is 5.97 Å². The summed E-state index contributed by atoms with van der Waals surface area (Å²) in [7, 11) is 0. The van der Waals surface area contributed by atoms with E-state index < -0.39 is 12.2 Å². The number of ether oxygens (including phenoxy) is 4. The fourth-order valence-electron chi connectivity index (χ4n) is 5.96. The maximum Gasteiger partial charge on any atom is 0.306 e. The molecule has 2 atom stereocenters. The summed E-state index contributed by atoms with van der Waals surface area (Å²) in [5.41, 5.74) is 3.57. The van der Waals surface area contributed by atoms with Crippen molar-refractivity contribution in [3.05, 3.63) is 76.6 Å². The third-order valence-corrected chi connectivity index (χ3v) is 8.14. The average Bonchev–Trinajstić information content (AvgIpc) is 3.41. The number of carbonyl (C=O) groups is 2. The highest BCUT2D eigenvalue weighted by molar-refractivity contribution is 6.30. The summed E-state index contributed by atoms with van der Waals surface area (Å²) in [6, 6.07) is 15.6. The predicted molar refractivity (Wildman–Crippen MR) is 149 cm³/mol. The highest BCUT2D eigenvalue weighted by Crippen LogP contribution is 2.47. The number of carbonyl (C=O) groups excluding carboxylic acids is 2. The Balaban J connectivity index is 1.28. The second-order valence-corrected chi connectivity index (χ2v) is 10.9. The monoisotopic (exact) mass is 564 g/mol. The average molecular weight is 565 g/mol. The number of hydrogen-bond acceptors (Lipinski definition) is 6. The highest BCUT2D eigenvalue weighted by Gasteiger charge is 2.36. The van der Waals surface area contributed by atoms with Crippen molar-refractivity contribution in [3.8, 4) is 17.2 Å². The second kappa shape index (κ2) is 11.6. The zero-order valence-corrected chi connectivity index (χ0v) is 23.3. The van der Waals surface area contributed by atoms with Gasteiger partial charge < -0.3 is 28.4 Å². The van der Waals surface area contributed by atoms with E-state index in [0.717, 1.165) is 35.3 Å². The van der Waals surface area contributed by atoms with Crippen molar-refractivity contribution in [2.24, 2.45) is 5.92 Å². The molecule has 2 aromatic carbocycles. The molecule has 4 heterocycles. The van der Waals surface area contributed by atoms with Crippen LogP contribution >= 0.6 is 11.6 Å². The number of rotatable bonds is 6. The van der Waals surface area contributed by atoms with Gasteiger partial charge in [-0.05, 0) is 62.1 Å². The normalized spacial score (nSPS) is 20.3. The number of esters is 1. The van der Waals surface area contributed by atoms with Crippen LogP contribution in [0.3, 0.4) is 0 Å². The molecule has 1 amide bonds. The van der Waals surface area contributed by atoms with E-state index in [2.05, 4.69) is 4.57 Å². The van der Waals surface area contributed by atoms with E-state index in [1.165, 1.54) is 0 Å². The maximum absolute atomic E-state index is 13.6. The molecule has 3 aromatic rings.